The molecule has 0 bridgehead atoms. The van der Waals surface area contributed by atoms with Crippen molar-refractivity contribution in [2.45, 2.75) is 25.9 Å². The number of aromatic amines is 1. The molecule has 4 heterocycles. The van der Waals surface area contributed by atoms with Gasteiger partial charge in [0.2, 0.25) is 0 Å². The molecule has 1 amide bonds. The smallest absolute Gasteiger partial charge is 0.254 e. The van der Waals surface area contributed by atoms with E-state index in [1.165, 1.54) is 0 Å². The van der Waals surface area contributed by atoms with Crippen LogP contribution in [0.1, 0.15) is 40.0 Å². The zero-order chi connectivity index (χ0) is 21.9. The number of aromatic nitrogens is 4. The number of fused-ring (bicyclic) bond motifs is 1. The summed E-state index contributed by atoms with van der Waals surface area (Å²) in [5, 5.41) is 7.33. The highest BCUT2D eigenvalue weighted by Crippen LogP contribution is 2.32. The summed E-state index contributed by atoms with van der Waals surface area (Å²) in [6.07, 6.45) is 4.15. The summed E-state index contributed by atoms with van der Waals surface area (Å²) in [7, 11) is 0. The van der Waals surface area contributed by atoms with Crippen molar-refractivity contribution in [1.82, 2.24) is 30.0 Å². The Kier molecular flexibility index (Phi) is 5.72. The van der Waals surface area contributed by atoms with Crippen molar-refractivity contribution in [3.05, 3.63) is 65.5 Å². The summed E-state index contributed by atoms with van der Waals surface area (Å²) in [6.45, 7) is 5.91. The molecule has 2 aromatic heterocycles. The van der Waals surface area contributed by atoms with E-state index in [9.17, 15) is 4.79 Å². The van der Waals surface area contributed by atoms with Crippen LogP contribution in [0, 0.1) is 6.92 Å². The normalized spacial score (nSPS) is 18.9. The van der Waals surface area contributed by atoms with Crippen molar-refractivity contribution in [1.29, 1.82) is 0 Å². The van der Waals surface area contributed by atoms with Gasteiger partial charge in [-0.1, -0.05) is 6.07 Å². The first-order valence-corrected chi connectivity index (χ1v) is 10.9. The number of nitrogens with one attached hydrogen (secondary N) is 1. The number of carbonyl (C=O) groups excluding carboxylic acids is 1. The molecule has 9 heteroatoms. The molecule has 1 fully saturated rings. The van der Waals surface area contributed by atoms with E-state index in [0.29, 0.717) is 37.7 Å². The van der Waals surface area contributed by atoms with Crippen molar-refractivity contribution in [3.63, 3.8) is 0 Å². The van der Waals surface area contributed by atoms with Crippen LogP contribution in [0.5, 0.6) is 11.5 Å². The molecule has 1 saturated heterocycles. The van der Waals surface area contributed by atoms with Gasteiger partial charge in [-0.25, -0.2) is 4.98 Å². The van der Waals surface area contributed by atoms with Gasteiger partial charge in [0.05, 0.1) is 0 Å². The molecule has 0 saturated carbocycles. The lowest BCUT2D eigenvalue weighted by Gasteiger charge is -2.30. The Hall–Kier alpha value is -3.46. The van der Waals surface area contributed by atoms with Gasteiger partial charge >= 0.3 is 0 Å². The summed E-state index contributed by atoms with van der Waals surface area (Å²) in [6, 6.07) is 9.34. The Morgan fingerprint density at radius 1 is 1.12 bits per heavy atom. The largest absolute Gasteiger partial charge is 0.486 e. The minimum Gasteiger partial charge on any atom is -0.486 e. The van der Waals surface area contributed by atoms with Gasteiger partial charge in [0.25, 0.3) is 5.91 Å². The highest BCUT2D eigenvalue weighted by molar-refractivity contribution is 5.94. The summed E-state index contributed by atoms with van der Waals surface area (Å²) in [5.41, 5.74) is 1.77. The number of benzene rings is 1. The van der Waals surface area contributed by atoms with Crippen LogP contribution in [-0.4, -0.2) is 68.7 Å². The summed E-state index contributed by atoms with van der Waals surface area (Å²) in [5.74, 6) is 2.93. The lowest BCUT2D eigenvalue weighted by atomic mass is 10.1. The number of H-pyrrole nitrogens is 1. The van der Waals surface area contributed by atoms with E-state index in [2.05, 4.69) is 31.1 Å². The third-order valence-electron chi connectivity index (χ3n) is 5.79. The molecule has 32 heavy (non-hydrogen) atoms. The Morgan fingerprint density at radius 2 is 1.94 bits per heavy atom. The fraction of sp³-hybridized carbons (Fsp3) is 0.391. The topological polar surface area (TPSA) is 96.5 Å². The van der Waals surface area contributed by atoms with Crippen LogP contribution in [0.15, 0.2) is 42.7 Å². The molecule has 2 aliphatic heterocycles. The third-order valence-corrected chi connectivity index (χ3v) is 5.79. The van der Waals surface area contributed by atoms with E-state index < -0.39 is 0 Å². The number of nitrogens with zero attached hydrogens (tertiary/aromatic N) is 5. The maximum atomic E-state index is 13.4. The number of amides is 1. The summed E-state index contributed by atoms with van der Waals surface area (Å²) in [4.78, 5) is 26.2. The zero-order valence-corrected chi connectivity index (χ0v) is 18.0. The molecule has 1 N–H and O–H groups in total. The minimum atomic E-state index is -0.250. The quantitative estimate of drug-likeness (QED) is 0.673. The Morgan fingerprint density at radius 3 is 2.72 bits per heavy atom. The molecule has 1 atom stereocenters. The first-order chi connectivity index (χ1) is 15.7. The second-order valence-corrected chi connectivity index (χ2v) is 8.10. The van der Waals surface area contributed by atoms with E-state index in [1.807, 2.05) is 24.0 Å². The molecule has 0 radical (unpaired) electrons. The first-order valence-electron chi connectivity index (χ1n) is 10.9. The van der Waals surface area contributed by atoms with Gasteiger partial charge in [-0.15, -0.1) is 0 Å². The monoisotopic (exact) mass is 434 g/mol. The third kappa shape index (κ3) is 4.29. The second kappa shape index (κ2) is 8.96. The molecular formula is C23H26N6O3. The number of hydrogen-bond donors (Lipinski definition) is 1. The molecule has 2 aliphatic rings. The van der Waals surface area contributed by atoms with Gasteiger partial charge in [0, 0.05) is 44.1 Å². The molecule has 3 aromatic rings. The second-order valence-electron chi connectivity index (χ2n) is 8.10. The number of carbonyl (C=O) groups is 1. The highest BCUT2D eigenvalue weighted by atomic mass is 16.6. The van der Waals surface area contributed by atoms with Gasteiger partial charge in [-0.3, -0.25) is 19.8 Å². The number of aryl methyl sites for hydroxylation is 1. The minimum absolute atomic E-state index is 0.0268. The van der Waals surface area contributed by atoms with E-state index in [1.54, 1.807) is 24.5 Å². The maximum Gasteiger partial charge on any atom is 0.254 e. The van der Waals surface area contributed by atoms with E-state index in [4.69, 9.17) is 9.47 Å². The van der Waals surface area contributed by atoms with Gasteiger partial charge in [-0.2, -0.15) is 5.10 Å². The maximum absolute atomic E-state index is 13.4. The van der Waals surface area contributed by atoms with Crippen molar-refractivity contribution in [2.24, 2.45) is 0 Å². The van der Waals surface area contributed by atoms with Crippen LogP contribution in [-0.2, 0) is 6.54 Å². The molecular weight excluding hydrogens is 408 g/mol. The van der Waals surface area contributed by atoms with Crippen LogP contribution in [0.3, 0.4) is 0 Å². The predicted octanol–water partition coefficient (Wildman–Crippen LogP) is 2.37. The van der Waals surface area contributed by atoms with E-state index in [-0.39, 0.29) is 11.9 Å². The summed E-state index contributed by atoms with van der Waals surface area (Å²) < 4.78 is 11.4. The Bertz CT molecular complexity index is 1090. The van der Waals surface area contributed by atoms with Crippen LogP contribution in [0.2, 0.25) is 0 Å². The SMILES string of the molecule is Cc1nc(C2CN(Cc3ccc4c(c3)OCCO4)CCCN2C(=O)c2ccncc2)n[nH]1. The average molecular weight is 435 g/mol. The molecule has 5 rings (SSSR count). The first kappa shape index (κ1) is 20.4. The van der Waals surface area contributed by atoms with Gasteiger partial charge in [0.15, 0.2) is 17.3 Å². The van der Waals surface area contributed by atoms with Crippen LogP contribution >= 0.6 is 0 Å². The van der Waals surface area contributed by atoms with Gasteiger partial charge < -0.3 is 14.4 Å². The fourth-order valence-electron chi connectivity index (χ4n) is 4.28. The van der Waals surface area contributed by atoms with E-state index in [0.717, 1.165) is 42.4 Å². The Labute approximate surface area is 186 Å². The van der Waals surface area contributed by atoms with Crippen molar-refractivity contribution in [3.8, 4) is 11.5 Å². The Balaban J connectivity index is 1.39. The molecule has 9 nitrogen and oxygen atoms in total. The van der Waals surface area contributed by atoms with Crippen LogP contribution in [0.4, 0.5) is 0 Å². The molecule has 0 aliphatic carbocycles. The predicted molar refractivity (Wildman–Crippen MR) is 116 cm³/mol. The van der Waals surface area contributed by atoms with Gasteiger partial charge in [-0.05, 0) is 43.2 Å². The van der Waals surface area contributed by atoms with E-state index >= 15 is 0 Å². The fourth-order valence-corrected chi connectivity index (χ4v) is 4.28. The molecule has 166 valence electrons. The number of pyridine rings is 1. The van der Waals surface area contributed by atoms with Gasteiger partial charge in [0.1, 0.15) is 25.1 Å². The van der Waals surface area contributed by atoms with Crippen molar-refractivity contribution >= 4 is 5.91 Å². The van der Waals surface area contributed by atoms with Crippen LogP contribution < -0.4 is 9.47 Å². The standard InChI is InChI=1S/C23H26N6O3/c1-16-25-22(27-26-16)19-15-28(14-17-3-4-20-21(13-17)32-12-11-31-20)9-2-10-29(19)23(30)18-5-7-24-8-6-18/h3-8,13,19H,2,9-12,14-15H2,1H3,(H,25,26,27). The lowest BCUT2D eigenvalue weighted by Crippen LogP contribution is -2.39. The lowest BCUT2D eigenvalue weighted by molar-refractivity contribution is 0.0663. The average Bonchev–Trinajstić information content (AvgIpc) is 3.15. The van der Waals surface area contributed by atoms with Crippen molar-refractivity contribution in [2.75, 3.05) is 32.8 Å². The molecule has 1 aromatic carbocycles. The van der Waals surface area contributed by atoms with Crippen LogP contribution in [0.25, 0.3) is 0 Å². The number of rotatable bonds is 4. The number of hydrogen-bond acceptors (Lipinski definition) is 7. The molecule has 1 unspecified atom stereocenters. The summed E-state index contributed by atoms with van der Waals surface area (Å²) >= 11 is 0. The molecule has 0 spiro atoms. The zero-order valence-electron chi connectivity index (χ0n) is 18.0. The van der Waals surface area contributed by atoms with Crippen molar-refractivity contribution < 1.29 is 14.3 Å². The number of ether oxygens (including phenoxy) is 2. The highest BCUT2D eigenvalue weighted by Gasteiger charge is 2.33.